The van der Waals surface area contributed by atoms with Crippen LogP contribution in [-0.2, 0) is 4.79 Å². The number of carboxylic acid groups (broad SMARTS) is 1. The van der Waals surface area contributed by atoms with Crippen molar-refractivity contribution in [3.8, 4) is 0 Å². The van der Waals surface area contributed by atoms with Gasteiger partial charge in [-0.3, -0.25) is 4.79 Å². The number of halogens is 2. The maximum atomic E-state index is 10.8. The Hall–Kier alpha value is 0.0500. The highest BCUT2D eigenvalue weighted by Crippen LogP contribution is 2.67. The summed E-state index contributed by atoms with van der Waals surface area (Å²) in [4.78, 5) is 10.8. The average Bonchev–Trinajstić information content (AvgIpc) is 2.35. The van der Waals surface area contributed by atoms with Gasteiger partial charge >= 0.3 is 5.97 Å². The van der Waals surface area contributed by atoms with Gasteiger partial charge in [-0.25, -0.2) is 0 Å². The van der Waals surface area contributed by atoms with E-state index in [-0.39, 0.29) is 5.92 Å². The molecular formula is C7H10Cl2O2. The summed E-state index contributed by atoms with van der Waals surface area (Å²) >= 11 is 11.5. The fraction of sp³-hybridized carbons (Fsp3) is 0.857. The molecule has 0 heterocycles. The summed E-state index contributed by atoms with van der Waals surface area (Å²) in [7, 11) is 0. The third-order valence-corrected chi connectivity index (χ3v) is 3.34. The predicted octanol–water partition coefficient (Wildman–Crippen LogP) is 2.29. The van der Waals surface area contributed by atoms with Gasteiger partial charge in [-0.05, 0) is 5.92 Å². The summed E-state index contributed by atoms with van der Waals surface area (Å²) in [6.45, 7) is 3.64. The second-order valence-electron chi connectivity index (χ2n) is 3.31. The van der Waals surface area contributed by atoms with Crippen LogP contribution in [0.4, 0.5) is 0 Å². The van der Waals surface area contributed by atoms with E-state index in [1.54, 1.807) is 0 Å². The third-order valence-electron chi connectivity index (χ3n) is 2.40. The van der Waals surface area contributed by atoms with Crippen molar-refractivity contribution >= 4 is 29.2 Å². The Labute approximate surface area is 75.5 Å². The average molecular weight is 197 g/mol. The molecule has 1 N–H and O–H groups in total. The van der Waals surface area contributed by atoms with Crippen LogP contribution in [0.3, 0.4) is 0 Å². The van der Waals surface area contributed by atoms with E-state index in [4.69, 9.17) is 28.3 Å². The minimum Gasteiger partial charge on any atom is -0.481 e. The van der Waals surface area contributed by atoms with Gasteiger partial charge in [0.15, 0.2) is 0 Å². The van der Waals surface area contributed by atoms with Crippen LogP contribution >= 0.6 is 23.2 Å². The number of hydrogen-bond donors (Lipinski definition) is 1. The molecule has 1 saturated carbocycles. The van der Waals surface area contributed by atoms with Gasteiger partial charge in [-0.15, -0.1) is 23.2 Å². The van der Waals surface area contributed by atoms with Crippen LogP contribution < -0.4 is 0 Å². The number of hydrogen-bond acceptors (Lipinski definition) is 1. The molecule has 0 unspecified atom stereocenters. The fourth-order valence-corrected chi connectivity index (χ4v) is 2.43. The molecule has 64 valence electrons. The van der Waals surface area contributed by atoms with E-state index in [2.05, 4.69) is 0 Å². The summed E-state index contributed by atoms with van der Waals surface area (Å²) in [6.07, 6.45) is 0.357. The smallest absolute Gasteiger partial charge is 0.313 e. The van der Waals surface area contributed by atoms with E-state index in [1.807, 2.05) is 13.8 Å². The van der Waals surface area contributed by atoms with Crippen LogP contribution in [0.25, 0.3) is 0 Å². The lowest BCUT2D eigenvalue weighted by Crippen LogP contribution is -2.27. The van der Waals surface area contributed by atoms with Crippen molar-refractivity contribution in [1.82, 2.24) is 0 Å². The molecule has 1 fully saturated rings. The van der Waals surface area contributed by atoms with Crippen LogP contribution in [0, 0.1) is 11.3 Å². The van der Waals surface area contributed by atoms with Crippen LogP contribution in [0.1, 0.15) is 20.3 Å². The van der Waals surface area contributed by atoms with Crippen molar-refractivity contribution in [2.45, 2.75) is 24.6 Å². The fourth-order valence-electron chi connectivity index (χ4n) is 1.41. The lowest BCUT2D eigenvalue weighted by atomic mass is 9.93. The molecule has 0 bridgehead atoms. The molecule has 0 radical (unpaired) electrons. The Morgan fingerprint density at radius 1 is 1.55 bits per heavy atom. The van der Waals surface area contributed by atoms with Crippen LogP contribution in [0.15, 0.2) is 0 Å². The molecule has 2 nitrogen and oxygen atoms in total. The molecule has 1 aliphatic carbocycles. The van der Waals surface area contributed by atoms with E-state index in [9.17, 15) is 4.79 Å². The van der Waals surface area contributed by atoms with Crippen molar-refractivity contribution in [3.63, 3.8) is 0 Å². The van der Waals surface area contributed by atoms with Gasteiger partial charge in [0.05, 0.1) is 0 Å². The first-order valence-corrected chi connectivity index (χ1v) is 4.21. The molecule has 0 aliphatic heterocycles. The van der Waals surface area contributed by atoms with Gasteiger partial charge in [0.1, 0.15) is 9.75 Å². The van der Waals surface area contributed by atoms with E-state index >= 15 is 0 Å². The Bertz CT molecular complexity index is 201. The summed E-state index contributed by atoms with van der Waals surface area (Å²) in [6, 6.07) is 0. The van der Waals surface area contributed by atoms with E-state index in [0.717, 1.165) is 0 Å². The standard InChI is InChI=1S/C7H10Cl2O2/c1-4(2)6(5(10)11)3-7(6,8)9/h4H,3H2,1-2H3,(H,10,11)/t6-/m0/s1. The normalized spacial score (nSPS) is 33.9. The highest BCUT2D eigenvalue weighted by molar-refractivity contribution is 6.53. The van der Waals surface area contributed by atoms with E-state index < -0.39 is 15.7 Å². The highest BCUT2D eigenvalue weighted by atomic mass is 35.5. The topological polar surface area (TPSA) is 37.3 Å². The van der Waals surface area contributed by atoms with E-state index in [1.165, 1.54) is 0 Å². The lowest BCUT2D eigenvalue weighted by Gasteiger charge is -2.16. The van der Waals surface area contributed by atoms with Gasteiger partial charge in [-0.2, -0.15) is 0 Å². The molecule has 0 saturated heterocycles. The highest BCUT2D eigenvalue weighted by Gasteiger charge is 2.73. The monoisotopic (exact) mass is 196 g/mol. The van der Waals surface area contributed by atoms with Gasteiger partial charge < -0.3 is 5.11 Å². The first-order valence-electron chi connectivity index (χ1n) is 3.46. The first-order chi connectivity index (χ1) is 4.84. The second kappa shape index (κ2) is 2.27. The summed E-state index contributed by atoms with van der Waals surface area (Å²) < 4.78 is -1.05. The Morgan fingerprint density at radius 3 is 1.91 bits per heavy atom. The summed E-state index contributed by atoms with van der Waals surface area (Å²) in [5.74, 6) is -0.910. The second-order valence-corrected chi connectivity index (χ2v) is 4.80. The predicted molar refractivity (Wildman–Crippen MR) is 44.0 cm³/mol. The number of rotatable bonds is 2. The first kappa shape index (κ1) is 9.14. The zero-order valence-electron chi connectivity index (χ0n) is 6.40. The maximum absolute atomic E-state index is 10.8. The molecule has 0 aromatic heterocycles. The molecule has 0 aromatic rings. The molecule has 0 amide bonds. The zero-order valence-corrected chi connectivity index (χ0v) is 7.91. The van der Waals surface area contributed by atoms with Crippen LogP contribution in [-0.4, -0.2) is 15.4 Å². The summed E-state index contributed by atoms with van der Waals surface area (Å²) in [5.41, 5.74) is -0.907. The van der Waals surface area contributed by atoms with Gasteiger partial charge in [-0.1, -0.05) is 13.8 Å². The quantitative estimate of drug-likeness (QED) is 0.689. The molecule has 0 aromatic carbocycles. The van der Waals surface area contributed by atoms with E-state index in [0.29, 0.717) is 6.42 Å². The Morgan fingerprint density at radius 2 is 1.91 bits per heavy atom. The Balaban J connectivity index is 2.88. The summed E-state index contributed by atoms with van der Waals surface area (Å²) in [5, 5.41) is 8.84. The molecule has 1 rings (SSSR count). The number of alkyl halides is 2. The maximum Gasteiger partial charge on any atom is 0.313 e. The minimum absolute atomic E-state index is 0.0185. The van der Waals surface area contributed by atoms with Crippen molar-refractivity contribution < 1.29 is 9.90 Å². The number of aliphatic carboxylic acids is 1. The zero-order chi connectivity index (χ0) is 8.86. The van der Waals surface area contributed by atoms with Gasteiger partial charge in [0.25, 0.3) is 0 Å². The van der Waals surface area contributed by atoms with Gasteiger partial charge in [0, 0.05) is 6.42 Å². The Kier molecular flexibility index (Phi) is 1.88. The lowest BCUT2D eigenvalue weighted by molar-refractivity contribution is -0.145. The van der Waals surface area contributed by atoms with Crippen molar-refractivity contribution in [3.05, 3.63) is 0 Å². The van der Waals surface area contributed by atoms with Crippen molar-refractivity contribution in [1.29, 1.82) is 0 Å². The van der Waals surface area contributed by atoms with Crippen molar-refractivity contribution in [2.75, 3.05) is 0 Å². The van der Waals surface area contributed by atoms with Crippen molar-refractivity contribution in [2.24, 2.45) is 11.3 Å². The largest absolute Gasteiger partial charge is 0.481 e. The molecule has 0 spiro atoms. The molecule has 4 heteroatoms. The number of carboxylic acids is 1. The minimum atomic E-state index is -1.05. The SMILES string of the molecule is CC(C)[C@]1(C(=O)O)CC1(Cl)Cl. The molecule has 1 aliphatic rings. The molecule has 11 heavy (non-hydrogen) atoms. The van der Waals surface area contributed by atoms with Gasteiger partial charge in [0.2, 0.25) is 0 Å². The molecule has 1 atom stereocenters. The number of carbonyl (C=O) groups is 1. The third kappa shape index (κ3) is 1.04. The van der Waals surface area contributed by atoms with Crippen LogP contribution in [0.2, 0.25) is 0 Å². The molecular weight excluding hydrogens is 187 g/mol. The van der Waals surface area contributed by atoms with Crippen LogP contribution in [0.5, 0.6) is 0 Å².